The minimum Gasteiger partial charge on any atom is -0.369 e. The monoisotopic (exact) mass is 391 g/mol. The summed E-state index contributed by atoms with van der Waals surface area (Å²) in [6, 6.07) is 0.720. The van der Waals surface area contributed by atoms with Crippen molar-refractivity contribution < 1.29 is 26.3 Å². The van der Waals surface area contributed by atoms with Crippen molar-refractivity contribution in [2.75, 3.05) is 5.73 Å². The van der Waals surface area contributed by atoms with E-state index in [9.17, 15) is 31.1 Å². The Morgan fingerprint density at radius 1 is 0.958 bits per heavy atom. The number of halogens is 8. The molecule has 0 fully saturated rings. The summed E-state index contributed by atoms with van der Waals surface area (Å²) >= 11 is 11.3. The first-order valence-electron chi connectivity index (χ1n) is 5.86. The minimum atomic E-state index is -5.12. The first kappa shape index (κ1) is 18.4. The van der Waals surface area contributed by atoms with Crippen LogP contribution in [0.4, 0.5) is 32.3 Å². The normalized spacial score (nSPS) is 12.5. The first-order valence-corrected chi connectivity index (χ1v) is 6.61. The van der Waals surface area contributed by atoms with Crippen molar-refractivity contribution in [3.05, 3.63) is 43.8 Å². The maximum atomic E-state index is 13.1. The summed E-state index contributed by atoms with van der Waals surface area (Å²) in [5.74, 6) is -0.824. The van der Waals surface area contributed by atoms with Gasteiger partial charge >= 0.3 is 12.4 Å². The lowest BCUT2D eigenvalue weighted by Crippen LogP contribution is -2.22. The molecule has 1 aromatic carbocycles. The van der Waals surface area contributed by atoms with E-state index in [1.807, 2.05) is 4.98 Å². The average Bonchev–Trinajstić information content (AvgIpc) is 2.37. The maximum Gasteiger partial charge on any atom is 0.434 e. The van der Waals surface area contributed by atoms with Crippen molar-refractivity contribution in [2.24, 2.45) is 0 Å². The topological polar surface area (TPSA) is 71.8 Å². The van der Waals surface area contributed by atoms with Crippen molar-refractivity contribution in [3.63, 3.8) is 0 Å². The molecule has 0 unspecified atom stereocenters. The number of alkyl halides is 6. The Kier molecular flexibility index (Phi) is 4.49. The molecule has 12 heteroatoms. The van der Waals surface area contributed by atoms with Gasteiger partial charge in [-0.05, 0) is 12.1 Å². The number of rotatable bonds is 1. The molecule has 2 rings (SSSR count). The van der Waals surface area contributed by atoms with E-state index in [1.165, 1.54) is 0 Å². The van der Waals surface area contributed by atoms with Gasteiger partial charge in [0, 0.05) is 5.56 Å². The largest absolute Gasteiger partial charge is 0.434 e. The highest BCUT2D eigenvalue weighted by Gasteiger charge is 2.39. The second-order valence-corrected chi connectivity index (χ2v) is 5.30. The molecule has 0 aliphatic heterocycles. The molecule has 2 aromatic rings. The van der Waals surface area contributed by atoms with Crippen molar-refractivity contribution in [2.45, 2.75) is 12.4 Å². The van der Waals surface area contributed by atoms with E-state index in [0.717, 1.165) is 0 Å². The Labute approximate surface area is 139 Å². The third-order valence-electron chi connectivity index (χ3n) is 2.83. The number of H-pyrrole nitrogens is 1. The Morgan fingerprint density at radius 3 is 1.88 bits per heavy atom. The molecule has 0 atom stereocenters. The molecule has 0 bridgehead atoms. The third kappa shape index (κ3) is 3.44. The standard InChI is InChI=1S/C12H5Cl2F6N3O/c13-4-1-3(11(15,16)17)2-5(14)6(4)7-8(12(18,19)20)22-10(21)23-9(7)24/h1-2H,(H3,21,22,23,24). The molecule has 0 amide bonds. The molecule has 0 saturated heterocycles. The molecular formula is C12H5Cl2F6N3O. The molecular weight excluding hydrogens is 387 g/mol. The van der Waals surface area contributed by atoms with E-state index in [4.69, 9.17) is 28.9 Å². The van der Waals surface area contributed by atoms with Gasteiger partial charge < -0.3 is 5.73 Å². The summed E-state index contributed by atoms with van der Waals surface area (Å²) in [6.07, 6.45) is -9.95. The van der Waals surface area contributed by atoms with Gasteiger partial charge in [-0.3, -0.25) is 9.78 Å². The fraction of sp³-hybridized carbons (Fsp3) is 0.167. The van der Waals surface area contributed by atoms with E-state index in [1.54, 1.807) is 0 Å². The Bertz CT molecular complexity index is 836. The van der Waals surface area contributed by atoms with Crippen LogP contribution in [0.2, 0.25) is 10.0 Å². The molecule has 0 aliphatic carbocycles. The number of aromatic amines is 1. The number of nitrogens with zero attached hydrogens (tertiary/aromatic N) is 1. The summed E-state index contributed by atoms with van der Waals surface area (Å²) in [6.45, 7) is 0. The van der Waals surface area contributed by atoms with Crippen LogP contribution in [0.15, 0.2) is 16.9 Å². The molecule has 0 spiro atoms. The minimum absolute atomic E-state index is 0.360. The van der Waals surface area contributed by atoms with Gasteiger partial charge in [0.15, 0.2) is 5.69 Å². The second kappa shape index (κ2) is 5.85. The van der Waals surface area contributed by atoms with Crippen molar-refractivity contribution >= 4 is 29.2 Å². The van der Waals surface area contributed by atoms with Crippen LogP contribution in [0.3, 0.4) is 0 Å². The fourth-order valence-electron chi connectivity index (χ4n) is 1.90. The summed E-state index contributed by atoms with van der Waals surface area (Å²) in [5, 5.41) is -1.59. The van der Waals surface area contributed by atoms with Crippen LogP contribution in [-0.2, 0) is 12.4 Å². The van der Waals surface area contributed by atoms with Crippen LogP contribution in [0.1, 0.15) is 11.3 Å². The Morgan fingerprint density at radius 2 is 1.46 bits per heavy atom. The number of hydrogen-bond donors (Lipinski definition) is 2. The average molecular weight is 392 g/mol. The summed E-state index contributed by atoms with van der Waals surface area (Å²) < 4.78 is 77.3. The van der Waals surface area contributed by atoms with E-state index in [-0.39, 0.29) is 0 Å². The summed E-state index contributed by atoms with van der Waals surface area (Å²) in [7, 11) is 0. The van der Waals surface area contributed by atoms with E-state index in [0.29, 0.717) is 12.1 Å². The van der Waals surface area contributed by atoms with Crippen LogP contribution >= 0.6 is 23.2 Å². The molecule has 130 valence electrons. The number of aromatic nitrogens is 2. The predicted octanol–water partition coefficient (Wildman–Crippen LogP) is 4.36. The summed E-state index contributed by atoms with van der Waals surface area (Å²) in [5.41, 5.74) is -1.12. The number of hydrogen-bond acceptors (Lipinski definition) is 3. The number of nitrogens with two attached hydrogens (primary N) is 1. The smallest absolute Gasteiger partial charge is 0.369 e. The van der Waals surface area contributed by atoms with Gasteiger partial charge in [0.25, 0.3) is 5.56 Å². The highest BCUT2D eigenvalue weighted by Crippen LogP contribution is 2.43. The lowest BCUT2D eigenvalue weighted by molar-refractivity contribution is -0.140. The van der Waals surface area contributed by atoms with Crippen molar-refractivity contribution in [1.29, 1.82) is 0 Å². The van der Waals surface area contributed by atoms with Crippen molar-refractivity contribution in [1.82, 2.24) is 9.97 Å². The summed E-state index contributed by atoms with van der Waals surface area (Å²) in [4.78, 5) is 16.7. The fourth-order valence-corrected chi connectivity index (χ4v) is 2.58. The Hall–Kier alpha value is -1.94. The van der Waals surface area contributed by atoms with Gasteiger partial charge in [-0.25, -0.2) is 4.98 Å². The quantitative estimate of drug-likeness (QED) is 0.709. The number of anilines is 1. The van der Waals surface area contributed by atoms with E-state index < -0.39 is 56.3 Å². The number of nitrogen functional groups attached to an aromatic ring is 1. The zero-order valence-corrected chi connectivity index (χ0v) is 12.6. The van der Waals surface area contributed by atoms with Gasteiger partial charge in [-0.15, -0.1) is 0 Å². The molecule has 0 radical (unpaired) electrons. The molecule has 1 aromatic heterocycles. The van der Waals surface area contributed by atoms with Crippen LogP contribution in [0.5, 0.6) is 0 Å². The second-order valence-electron chi connectivity index (χ2n) is 4.49. The van der Waals surface area contributed by atoms with Gasteiger partial charge in [-0.1, -0.05) is 23.2 Å². The maximum absolute atomic E-state index is 13.1. The van der Waals surface area contributed by atoms with Gasteiger partial charge in [0.05, 0.1) is 21.2 Å². The number of nitrogens with one attached hydrogen (secondary N) is 1. The first-order chi connectivity index (χ1) is 10.8. The van der Waals surface area contributed by atoms with Gasteiger partial charge in [-0.2, -0.15) is 26.3 Å². The van der Waals surface area contributed by atoms with Crippen molar-refractivity contribution in [3.8, 4) is 11.1 Å². The highest BCUT2D eigenvalue weighted by molar-refractivity contribution is 6.39. The van der Waals surface area contributed by atoms with Crippen LogP contribution < -0.4 is 11.3 Å². The molecule has 0 aliphatic rings. The highest BCUT2D eigenvalue weighted by atomic mass is 35.5. The van der Waals surface area contributed by atoms with Gasteiger partial charge in [0.1, 0.15) is 0 Å². The van der Waals surface area contributed by atoms with Crippen LogP contribution in [0.25, 0.3) is 11.1 Å². The number of benzene rings is 1. The lowest BCUT2D eigenvalue weighted by Gasteiger charge is -2.15. The van der Waals surface area contributed by atoms with Crippen LogP contribution in [0, 0.1) is 0 Å². The molecule has 4 nitrogen and oxygen atoms in total. The lowest BCUT2D eigenvalue weighted by atomic mass is 10.0. The van der Waals surface area contributed by atoms with E-state index in [2.05, 4.69) is 4.98 Å². The molecule has 3 N–H and O–H groups in total. The zero-order valence-electron chi connectivity index (χ0n) is 11.1. The molecule has 1 heterocycles. The molecule has 0 saturated carbocycles. The SMILES string of the molecule is Nc1nc(C(F)(F)F)c(-c2c(Cl)cc(C(F)(F)F)cc2Cl)c(=O)[nH]1. The van der Waals surface area contributed by atoms with E-state index >= 15 is 0 Å². The van der Waals surface area contributed by atoms with Gasteiger partial charge in [0.2, 0.25) is 5.95 Å². The molecule has 24 heavy (non-hydrogen) atoms. The van der Waals surface area contributed by atoms with Crippen LogP contribution in [-0.4, -0.2) is 9.97 Å². The predicted molar refractivity (Wildman–Crippen MR) is 74.7 cm³/mol. The zero-order chi connectivity index (χ0) is 18.4. The Balaban J connectivity index is 2.86. The third-order valence-corrected chi connectivity index (χ3v) is 3.42.